The number of nitrogens with two attached hydrogens (primary N) is 1. The molecule has 8 heteroatoms. The fourth-order valence-corrected chi connectivity index (χ4v) is 2.70. The molecular weight excluding hydrogens is 304 g/mol. The molecule has 1 saturated heterocycles. The monoisotopic (exact) mass is 321 g/mol. The van der Waals surface area contributed by atoms with Gasteiger partial charge in [0.1, 0.15) is 12.2 Å². The van der Waals surface area contributed by atoms with Crippen LogP contribution in [0.15, 0.2) is 30.6 Å². The predicted octanol–water partition coefficient (Wildman–Crippen LogP) is 1.09. The number of piperazine rings is 1. The van der Waals surface area contributed by atoms with Gasteiger partial charge >= 0.3 is 0 Å². The van der Waals surface area contributed by atoms with Gasteiger partial charge in [0, 0.05) is 44.3 Å². The van der Waals surface area contributed by atoms with Gasteiger partial charge in [-0.3, -0.25) is 9.48 Å². The van der Waals surface area contributed by atoms with Gasteiger partial charge in [0.25, 0.3) is 0 Å². The maximum Gasteiger partial charge on any atom is 0.244 e. The molecule has 1 amide bonds. The van der Waals surface area contributed by atoms with Crippen molar-refractivity contribution in [3.05, 3.63) is 42.2 Å². The van der Waals surface area contributed by atoms with Gasteiger partial charge in [-0.2, -0.15) is 5.10 Å². The van der Waals surface area contributed by atoms with E-state index in [1.165, 1.54) is 0 Å². The van der Waals surface area contributed by atoms with Gasteiger partial charge in [-0.1, -0.05) is 0 Å². The van der Waals surface area contributed by atoms with E-state index in [4.69, 9.17) is 5.73 Å². The third-order valence-corrected chi connectivity index (χ3v) is 3.84. The Labute approximate surface area is 132 Å². The Balaban J connectivity index is 1.63. The average molecular weight is 321 g/mol. The summed E-state index contributed by atoms with van der Waals surface area (Å²) in [6.07, 6.45) is 3.32. The van der Waals surface area contributed by atoms with E-state index >= 15 is 0 Å². The molecule has 0 bridgehead atoms. The lowest BCUT2D eigenvalue weighted by Crippen LogP contribution is -2.50. The number of hydrogen-bond donors (Lipinski definition) is 1. The van der Waals surface area contributed by atoms with Gasteiger partial charge in [0.15, 0.2) is 11.6 Å². The SMILES string of the molecule is Nc1cc(F)c(N2CCN(C(=O)Cn3cccn3)CC2)c(F)c1. The maximum absolute atomic E-state index is 13.9. The van der Waals surface area contributed by atoms with Crippen LogP contribution in [0.2, 0.25) is 0 Å². The Bertz CT molecular complexity index is 673. The highest BCUT2D eigenvalue weighted by Crippen LogP contribution is 2.26. The van der Waals surface area contributed by atoms with Crippen molar-refractivity contribution in [2.24, 2.45) is 0 Å². The van der Waals surface area contributed by atoms with Crippen LogP contribution in [0, 0.1) is 11.6 Å². The molecule has 1 aromatic carbocycles. The Morgan fingerprint density at radius 3 is 2.39 bits per heavy atom. The van der Waals surface area contributed by atoms with Crippen molar-refractivity contribution < 1.29 is 13.6 Å². The van der Waals surface area contributed by atoms with Crippen LogP contribution in [0.3, 0.4) is 0 Å². The molecule has 6 nitrogen and oxygen atoms in total. The van der Waals surface area contributed by atoms with Gasteiger partial charge in [-0.05, 0) is 18.2 Å². The summed E-state index contributed by atoms with van der Waals surface area (Å²) >= 11 is 0. The molecule has 1 aliphatic rings. The fourth-order valence-electron chi connectivity index (χ4n) is 2.70. The number of amides is 1. The Kier molecular flexibility index (Phi) is 4.14. The summed E-state index contributed by atoms with van der Waals surface area (Å²) < 4.78 is 29.4. The molecular formula is C15H17F2N5O. The topological polar surface area (TPSA) is 67.4 Å². The van der Waals surface area contributed by atoms with Crippen molar-refractivity contribution in [2.45, 2.75) is 6.54 Å². The van der Waals surface area contributed by atoms with Crippen LogP contribution in [-0.4, -0.2) is 46.8 Å². The summed E-state index contributed by atoms with van der Waals surface area (Å²) in [6.45, 7) is 1.70. The molecule has 2 heterocycles. The first-order valence-corrected chi connectivity index (χ1v) is 7.29. The standard InChI is InChI=1S/C15H17F2N5O/c16-12-8-11(18)9-13(17)15(12)21-6-4-20(5-7-21)14(23)10-22-3-1-2-19-22/h1-3,8-9H,4-7,10,18H2. The lowest BCUT2D eigenvalue weighted by atomic mass is 10.2. The van der Waals surface area contributed by atoms with Crippen molar-refractivity contribution in [3.63, 3.8) is 0 Å². The third-order valence-electron chi connectivity index (χ3n) is 3.84. The lowest BCUT2D eigenvalue weighted by Gasteiger charge is -2.36. The van der Waals surface area contributed by atoms with E-state index in [2.05, 4.69) is 5.10 Å². The average Bonchev–Trinajstić information content (AvgIpc) is 2.99. The number of rotatable bonds is 3. The summed E-state index contributed by atoms with van der Waals surface area (Å²) in [6, 6.07) is 3.96. The highest BCUT2D eigenvalue weighted by Gasteiger charge is 2.25. The van der Waals surface area contributed by atoms with Crippen molar-refractivity contribution in [2.75, 3.05) is 36.8 Å². The van der Waals surface area contributed by atoms with Crippen molar-refractivity contribution in [1.29, 1.82) is 0 Å². The first-order valence-electron chi connectivity index (χ1n) is 7.29. The number of nitrogens with zero attached hydrogens (tertiary/aromatic N) is 4. The Morgan fingerprint density at radius 2 is 1.83 bits per heavy atom. The predicted molar refractivity (Wildman–Crippen MR) is 81.8 cm³/mol. The molecule has 0 radical (unpaired) electrons. The highest BCUT2D eigenvalue weighted by atomic mass is 19.1. The van der Waals surface area contributed by atoms with E-state index in [9.17, 15) is 13.6 Å². The molecule has 0 aliphatic carbocycles. The highest BCUT2D eigenvalue weighted by molar-refractivity contribution is 5.76. The number of benzene rings is 1. The number of aromatic nitrogens is 2. The third kappa shape index (κ3) is 3.25. The largest absolute Gasteiger partial charge is 0.399 e. The summed E-state index contributed by atoms with van der Waals surface area (Å²) in [7, 11) is 0. The second-order valence-corrected chi connectivity index (χ2v) is 5.40. The summed E-state index contributed by atoms with van der Waals surface area (Å²) in [4.78, 5) is 15.4. The molecule has 1 aliphatic heterocycles. The van der Waals surface area contributed by atoms with E-state index < -0.39 is 11.6 Å². The molecule has 2 aromatic rings. The molecule has 0 unspecified atom stereocenters. The van der Waals surface area contributed by atoms with Crippen LogP contribution in [0.1, 0.15) is 0 Å². The first-order chi connectivity index (χ1) is 11.0. The molecule has 1 aromatic heterocycles. The van der Waals surface area contributed by atoms with Crippen molar-refractivity contribution >= 4 is 17.3 Å². The number of carbonyl (C=O) groups is 1. The quantitative estimate of drug-likeness (QED) is 0.860. The first kappa shape index (κ1) is 15.3. The molecule has 2 N–H and O–H groups in total. The number of carbonyl (C=O) groups excluding carboxylic acids is 1. The second kappa shape index (κ2) is 6.23. The molecule has 0 saturated carbocycles. The minimum absolute atomic E-state index is 0.0526. The Morgan fingerprint density at radius 1 is 1.17 bits per heavy atom. The van der Waals surface area contributed by atoms with Crippen LogP contribution >= 0.6 is 0 Å². The minimum atomic E-state index is -0.682. The zero-order valence-corrected chi connectivity index (χ0v) is 12.5. The number of hydrogen-bond acceptors (Lipinski definition) is 4. The summed E-state index contributed by atoms with van der Waals surface area (Å²) in [5, 5.41) is 3.99. The normalized spacial score (nSPS) is 15.0. The molecule has 23 heavy (non-hydrogen) atoms. The van der Waals surface area contributed by atoms with Gasteiger partial charge in [0.05, 0.1) is 0 Å². The molecule has 3 rings (SSSR count). The van der Waals surface area contributed by atoms with Gasteiger partial charge in [-0.15, -0.1) is 0 Å². The summed E-state index contributed by atoms with van der Waals surface area (Å²) in [5.41, 5.74) is 5.39. The van der Waals surface area contributed by atoms with E-state index in [1.807, 2.05) is 0 Å². The van der Waals surface area contributed by atoms with Crippen LogP contribution in [0.25, 0.3) is 0 Å². The lowest BCUT2D eigenvalue weighted by molar-refractivity contribution is -0.132. The fraction of sp³-hybridized carbons (Fsp3) is 0.333. The van der Waals surface area contributed by atoms with Gasteiger partial charge in [0.2, 0.25) is 5.91 Å². The smallest absolute Gasteiger partial charge is 0.244 e. The van der Waals surface area contributed by atoms with Gasteiger partial charge < -0.3 is 15.5 Å². The van der Waals surface area contributed by atoms with E-state index in [-0.39, 0.29) is 23.8 Å². The van der Waals surface area contributed by atoms with E-state index in [0.717, 1.165) is 12.1 Å². The van der Waals surface area contributed by atoms with E-state index in [1.54, 1.807) is 32.9 Å². The number of halogens is 2. The van der Waals surface area contributed by atoms with Crippen molar-refractivity contribution in [1.82, 2.24) is 14.7 Å². The number of anilines is 2. The minimum Gasteiger partial charge on any atom is -0.399 e. The summed E-state index contributed by atoms with van der Waals surface area (Å²) in [5.74, 6) is -1.43. The van der Waals surface area contributed by atoms with Crippen LogP contribution in [-0.2, 0) is 11.3 Å². The van der Waals surface area contributed by atoms with Crippen LogP contribution in [0.5, 0.6) is 0 Å². The van der Waals surface area contributed by atoms with Crippen molar-refractivity contribution in [3.8, 4) is 0 Å². The number of nitrogen functional groups attached to an aromatic ring is 1. The van der Waals surface area contributed by atoms with Crippen LogP contribution < -0.4 is 10.6 Å². The Hall–Kier alpha value is -2.64. The molecule has 0 spiro atoms. The second-order valence-electron chi connectivity index (χ2n) is 5.40. The van der Waals surface area contributed by atoms with E-state index in [0.29, 0.717) is 26.2 Å². The molecule has 0 atom stereocenters. The van der Waals surface area contributed by atoms with Crippen LogP contribution in [0.4, 0.5) is 20.2 Å². The maximum atomic E-state index is 13.9. The zero-order valence-electron chi connectivity index (χ0n) is 12.5. The molecule has 1 fully saturated rings. The van der Waals surface area contributed by atoms with Gasteiger partial charge in [-0.25, -0.2) is 8.78 Å². The zero-order chi connectivity index (χ0) is 16.4. The molecule has 122 valence electrons.